The summed E-state index contributed by atoms with van der Waals surface area (Å²) >= 11 is 0. The Morgan fingerprint density at radius 2 is 1.89 bits per heavy atom. The summed E-state index contributed by atoms with van der Waals surface area (Å²) in [5.74, 6) is 0.845. The minimum Gasteiger partial charge on any atom is -0.297 e. The molecule has 1 saturated heterocycles. The van der Waals surface area contributed by atoms with Crippen molar-refractivity contribution in [2.75, 3.05) is 13.1 Å². The van der Waals surface area contributed by atoms with E-state index in [0.717, 1.165) is 38.8 Å². The molecule has 104 valence electrons. The van der Waals surface area contributed by atoms with E-state index in [1.165, 1.54) is 17.6 Å². The van der Waals surface area contributed by atoms with Crippen LogP contribution in [0.4, 0.5) is 0 Å². The van der Waals surface area contributed by atoms with Crippen molar-refractivity contribution in [2.24, 2.45) is 7.05 Å². The first-order valence-corrected chi connectivity index (χ1v) is 7.22. The summed E-state index contributed by atoms with van der Waals surface area (Å²) in [6.45, 7) is 2.14. The van der Waals surface area contributed by atoms with Gasteiger partial charge in [-0.2, -0.15) is 4.80 Å². The van der Waals surface area contributed by atoms with Crippen molar-refractivity contribution in [2.45, 2.75) is 50.5 Å². The molecule has 0 bridgehead atoms. The van der Waals surface area contributed by atoms with Gasteiger partial charge in [-0.3, -0.25) is 9.69 Å². The van der Waals surface area contributed by atoms with Crippen LogP contribution in [0.2, 0.25) is 0 Å². The smallest absolute Gasteiger partial charge is 0.182 e. The van der Waals surface area contributed by atoms with Gasteiger partial charge in [-0.15, -0.1) is 10.2 Å². The second kappa shape index (κ2) is 5.00. The summed E-state index contributed by atoms with van der Waals surface area (Å²) in [4.78, 5) is 16.6. The molecule has 19 heavy (non-hydrogen) atoms. The molecule has 6 nitrogen and oxygen atoms in total. The Labute approximate surface area is 113 Å². The zero-order valence-corrected chi connectivity index (χ0v) is 11.5. The van der Waals surface area contributed by atoms with Crippen LogP contribution in [0.5, 0.6) is 0 Å². The highest BCUT2D eigenvalue weighted by Gasteiger charge is 2.46. The quantitative estimate of drug-likeness (QED) is 0.801. The first-order valence-electron chi connectivity index (χ1n) is 7.22. The van der Waals surface area contributed by atoms with Crippen LogP contribution in [0.3, 0.4) is 0 Å². The lowest BCUT2D eigenvalue weighted by Crippen LogP contribution is -2.52. The maximum atomic E-state index is 12.8. The van der Waals surface area contributed by atoms with E-state index in [1.54, 1.807) is 7.05 Å². The predicted molar refractivity (Wildman–Crippen MR) is 69.5 cm³/mol. The molecule has 0 spiro atoms. The molecular weight excluding hydrogens is 242 g/mol. The number of rotatable bonds is 4. The molecule has 3 rings (SSSR count). The minimum absolute atomic E-state index is 0.226. The van der Waals surface area contributed by atoms with Crippen LogP contribution in [0, 0.1) is 0 Å². The molecule has 1 aromatic heterocycles. The molecule has 1 saturated carbocycles. The molecule has 0 amide bonds. The van der Waals surface area contributed by atoms with Crippen LogP contribution in [0.1, 0.15) is 44.3 Å². The number of hydrogen-bond acceptors (Lipinski definition) is 5. The summed E-state index contributed by atoms with van der Waals surface area (Å²) in [6, 6.07) is 0. The average molecular weight is 263 g/mol. The van der Waals surface area contributed by atoms with Gasteiger partial charge in [-0.1, -0.05) is 12.8 Å². The van der Waals surface area contributed by atoms with Gasteiger partial charge in [0.05, 0.1) is 19.0 Å². The fourth-order valence-corrected chi connectivity index (χ4v) is 3.58. The van der Waals surface area contributed by atoms with Crippen molar-refractivity contribution in [3.8, 4) is 0 Å². The molecule has 2 aliphatic rings. The minimum atomic E-state index is -0.226. The molecule has 0 unspecified atom stereocenters. The lowest BCUT2D eigenvalue weighted by atomic mass is 9.88. The third-order valence-electron chi connectivity index (χ3n) is 4.53. The second-order valence-corrected chi connectivity index (χ2v) is 5.73. The number of hydrogen-bond donors (Lipinski definition) is 0. The number of aromatic nitrogens is 4. The fraction of sp³-hybridized carbons (Fsp3) is 0.846. The van der Waals surface area contributed by atoms with E-state index in [-0.39, 0.29) is 5.54 Å². The van der Waals surface area contributed by atoms with Crippen LogP contribution >= 0.6 is 0 Å². The van der Waals surface area contributed by atoms with Gasteiger partial charge in [0.25, 0.3) is 0 Å². The molecule has 2 fully saturated rings. The van der Waals surface area contributed by atoms with Gasteiger partial charge in [0.1, 0.15) is 0 Å². The Kier molecular flexibility index (Phi) is 3.35. The molecule has 0 N–H and O–H groups in total. The molecule has 2 heterocycles. The van der Waals surface area contributed by atoms with Crippen LogP contribution in [-0.2, 0) is 18.3 Å². The SMILES string of the molecule is Cn1nnc(CC(=O)C2(N3CCCC3)CCCC2)n1. The van der Waals surface area contributed by atoms with E-state index >= 15 is 0 Å². The van der Waals surface area contributed by atoms with E-state index in [0.29, 0.717) is 18.0 Å². The highest BCUT2D eigenvalue weighted by Crippen LogP contribution is 2.38. The highest BCUT2D eigenvalue weighted by atomic mass is 16.1. The molecule has 0 aromatic carbocycles. The van der Waals surface area contributed by atoms with E-state index in [2.05, 4.69) is 20.3 Å². The number of Topliss-reactive ketones (excluding diaryl/α,β-unsaturated/α-hetero) is 1. The maximum absolute atomic E-state index is 12.8. The Balaban J connectivity index is 1.77. The maximum Gasteiger partial charge on any atom is 0.182 e. The monoisotopic (exact) mass is 263 g/mol. The normalized spacial score (nSPS) is 23.0. The van der Waals surface area contributed by atoms with Crippen LogP contribution in [0.15, 0.2) is 0 Å². The number of ketones is 1. The van der Waals surface area contributed by atoms with Crippen molar-refractivity contribution >= 4 is 5.78 Å². The number of tetrazole rings is 1. The molecule has 1 aliphatic heterocycles. The van der Waals surface area contributed by atoms with E-state index < -0.39 is 0 Å². The van der Waals surface area contributed by atoms with Crippen molar-refractivity contribution in [1.29, 1.82) is 0 Å². The molecule has 0 radical (unpaired) electrons. The summed E-state index contributed by atoms with van der Waals surface area (Å²) < 4.78 is 0. The van der Waals surface area contributed by atoms with Gasteiger partial charge in [0.15, 0.2) is 11.6 Å². The first-order chi connectivity index (χ1) is 9.21. The van der Waals surface area contributed by atoms with Crippen molar-refractivity contribution < 1.29 is 4.79 Å². The number of aryl methyl sites for hydroxylation is 1. The van der Waals surface area contributed by atoms with Gasteiger partial charge >= 0.3 is 0 Å². The largest absolute Gasteiger partial charge is 0.297 e. The van der Waals surface area contributed by atoms with Gasteiger partial charge in [0.2, 0.25) is 0 Å². The van der Waals surface area contributed by atoms with Gasteiger partial charge in [0, 0.05) is 0 Å². The third kappa shape index (κ3) is 2.29. The molecule has 1 aliphatic carbocycles. The Morgan fingerprint density at radius 3 is 2.47 bits per heavy atom. The van der Waals surface area contributed by atoms with Gasteiger partial charge in [-0.05, 0) is 44.0 Å². The topological polar surface area (TPSA) is 63.9 Å². The zero-order valence-electron chi connectivity index (χ0n) is 11.5. The summed E-state index contributed by atoms with van der Waals surface area (Å²) in [5, 5.41) is 11.9. The van der Waals surface area contributed by atoms with Crippen molar-refractivity contribution in [3.63, 3.8) is 0 Å². The Hall–Kier alpha value is -1.30. The predicted octanol–water partition coefficient (Wildman–Crippen LogP) is 0.730. The van der Waals surface area contributed by atoms with E-state index in [9.17, 15) is 4.79 Å². The lowest BCUT2D eigenvalue weighted by Gasteiger charge is -2.37. The highest BCUT2D eigenvalue weighted by molar-refractivity contribution is 5.90. The zero-order chi connectivity index (χ0) is 13.3. The van der Waals surface area contributed by atoms with Crippen molar-refractivity contribution in [1.82, 2.24) is 25.1 Å². The number of carbonyl (C=O) groups excluding carboxylic acids is 1. The van der Waals surface area contributed by atoms with Crippen LogP contribution in [0.25, 0.3) is 0 Å². The van der Waals surface area contributed by atoms with Crippen LogP contribution < -0.4 is 0 Å². The second-order valence-electron chi connectivity index (χ2n) is 5.73. The summed E-state index contributed by atoms with van der Waals surface area (Å²) in [5.41, 5.74) is -0.226. The standard InChI is InChI=1S/C13H21N5O/c1-17-15-12(14-16-17)10-11(19)13(6-2-3-7-13)18-8-4-5-9-18/h2-10H2,1H3. The Bertz CT molecular complexity index is 457. The molecule has 1 aromatic rings. The van der Waals surface area contributed by atoms with Gasteiger partial charge in [-0.25, -0.2) is 0 Å². The lowest BCUT2D eigenvalue weighted by molar-refractivity contribution is -0.130. The summed E-state index contributed by atoms with van der Waals surface area (Å²) in [7, 11) is 1.73. The number of carbonyl (C=O) groups is 1. The third-order valence-corrected chi connectivity index (χ3v) is 4.53. The molecule has 0 atom stereocenters. The average Bonchev–Trinajstić information content (AvgIpc) is 3.09. The number of nitrogens with zero attached hydrogens (tertiary/aromatic N) is 5. The molecular formula is C13H21N5O. The summed E-state index contributed by atoms with van der Waals surface area (Å²) in [6.07, 6.45) is 7.10. The van der Waals surface area contributed by atoms with E-state index in [4.69, 9.17) is 0 Å². The van der Waals surface area contributed by atoms with E-state index in [1.807, 2.05) is 0 Å². The van der Waals surface area contributed by atoms with Crippen LogP contribution in [-0.4, -0.2) is 49.5 Å². The Morgan fingerprint density at radius 1 is 1.21 bits per heavy atom. The first kappa shape index (κ1) is 12.7. The van der Waals surface area contributed by atoms with Gasteiger partial charge < -0.3 is 0 Å². The fourth-order valence-electron chi connectivity index (χ4n) is 3.58. The van der Waals surface area contributed by atoms with Crippen molar-refractivity contribution in [3.05, 3.63) is 5.82 Å². The molecule has 6 heteroatoms. The number of likely N-dealkylation sites (tertiary alicyclic amines) is 1.